The van der Waals surface area contributed by atoms with Crippen LogP contribution in [-0.4, -0.2) is 61.1 Å². The van der Waals surface area contributed by atoms with Crippen molar-refractivity contribution in [2.24, 2.45) is 0 Å². The number of hydrogen-bond acceptors (Lipinski definition) is 5. The molecule has 1 fully saturated rings. The standard InChI is InChI=1S/C10H18N2O3S2/c13-9-7-16-5-6-17-8-10(14)12-2-4-15-3-1-11-9/h1-8H2,(H,11,13)(H,12,14). The summed E-state index contributed by atoms with van der Waals surface area (Å²) in [5.41, 5.74) is 0. The summed E-state index contributed by atoms with van der Waals surface area (Å²) in [6, 6.07) is 0. The van der Waals surface area contributed by atoms with Gasteiger partial charge in [-0.15, -0.1) is 0 Å². The van der Waals surface area contributed by atoms with Gasteiger partial charge < -0.3 is 15.4 Å². The molecule has 0 aromatic rings. The number of thioether (sulfide) groups is 2. The van der Waals surface area contributed by atoms with Crippen LogP contribution in [0.25, 0.3) is 0 Å². The highest BCUT2D eigenvalue weighted by Gasteiger charge is 2.04. The van der Waals surface area contributed by atoms with Crippen molar-refractivity contribution >= 4 is 35.3 Å². The lowest BCUT2D eigenvalue weighted by molar-refractivity contribution is -0.119. The molecule has 0 saturated carbocycles. The van der Waals surface area contributed by atoms with Gasteiger partial charge in [0.25, 0.3) is 0 Å². The molecule has 0 unspecified atom stereocenters. The Hall–Kier alpha value is -0.400. The fourth-order valence-electron chi connectivity index (χ4n) is 1.18. The lowest BCUT2D eigenvalue weighted by Gasteiger charge is -2.06. The first-order chi connectivity index (χ1) is 8.29. The number of rotatable bonds is 0. The van der Waals surface area contributed by atoms with Crippen molar-refractivity contribution in [2.75, 3.05) is 49.3 Å². The molecule has 0 aromatic heterocycles. The van der Waals surface area contributed by atoms with E-state index in [1.54, 1.807) is 23.5 Å². The number of amides is 2. The largest absolute Gasteiger partial charge is 0.378 e. The zero-order valence-corrected chi connectivity index (χ0v) is 11.3. The van der Waals surface area contributed by atoms with Crippen molar-refractivity contribution in [1.29, 1.82) is 0 Å². The van der Waals surface area contributed by atoms with Crippen molar-refractivity contribution in [3.05, 3.63) is 0 Å². The maximum Gasteiger partial charge on any atom is 0.230 e. The molecule has 0 spiro atoms. The Kier molecular flexibility index (Phi) is 8.29. The molecule has 5 nitrogen and oxygen atoms in total. The molecule has 0 atom stereocenters. The quantitative estimate of drug-likeness (QED) is 0.638. The number of ether oxygens (including phenoxy) is 1. The molecule has 1 heterocycles. The summed E-state index contributed by atoms with van der Waals surface area (Å²) in [6.45, 7) is 2.03. The summed E-state index contributed by atoms with van der Waals surface area (Å²) in [6.07, 6.45) is 0. The van der Waals surface area contributed by atoms with E-state index in [9.17, 15) is 9.59 Å². The first-order valence-corrected chi connectivity index (χ1v) is 7.86. The predicted octanol–water partition coefficient (Wildman–Crippen LogP) is -0.285. The van der Waals surface area contributed by atoms with Crippen LogP contribution in [0, 0.1) is 0 Å². The number of hydrogen-bond donors (Lipinski definition) is 2. The Labute approximate surface area is 110 Å². The Morgan fingerprint density at radius 1 is 0.882 bits per heavy atom. The van der Waals surface area contributed by atoms with E-state index in [1.807, 2.05) is 0 Å². The highest BCUT2D eigenvalue weighted by Crippen LogP contribution is 2.06. The second-order valence-corrected chi connectivity index (χ2v) is 5.63. The zero-order chi connectivity index (χ0) is 12.3. The van der Waals surface area contributed by atoms with E-state index >= 15 is 0 Å². The van der Waals surface area contributed by atoms with Gasteiger partial charge in [-0.25, -0.2) is 0 Å². The van der Waals surface area contributed by atoms with Crippen molar-refractivity contribution in [1.82, 2.24) is 10.6 Å². The molecule has 1 rings (SSSR count). The average Bonchev–Trinajstić information content (AvgIpc) is 2.32. The molecule has 1 saturated heterocycles. The Balaban J connectivity index is 2.23. The monoisotopic (exact) mass is 278 g/mol. The van der Waals surface area contributed by atoms with E-state index in [0.717, 1.165) is 11.5 Å². The van der Waals surface area contributed by atoms with E-state index in [0.29, 0.717) is 37.8 Å². The molecule has 0 aromatic carbocycles. The lowest BCUT2D eigenvalue weighted by atomic mass is 10.6. The van der Waals surface area contributed by atoms with Gasteiger partial charge in [-0.05, 0) is 0 Å². The van der Waals surface area contributed by atoms with Crippen LogP contribution in [0.5, 0.6) is 0 Å². The zero-order valence-electron chi connectivity index (χ0n) is 9.70. The van der Waals surface area contributed by atoms with Crippen molar-refractivity contribution in [3.8, 4) is 0 Å². The third kappa shape index (κ3) is 8.34. The van der Waals surface area contributed by atoms with E-state index < -0.39 is 0 Å². The fourth-order valence-corrected chi connectivity index (χ4v) is 2.98. The first kappa shape index (κ1) is 14.7. The molecule has 0 bridgehead atoms. The Morgan fingerprint density at radius 3 is 1.82 bits per heavy atom. The molecular weight excluding hydrogens is 260 g/mol. The van der Waals surface area contributed by atoms with Crippen LogP contribution in [0.4, 0.5) is 0 Å². The maximum absolute atomic E-state index is 11.3. The van der Waals surface area contributed by atoms with Gasteiger partial charge in [0.1, 0.15) is 0 Å². The van der Waals surface area contributed by atoms with E-state index in [1.165, 1.54) is 0 Å². The maximum atomic E-state index is 11.3. The van der Waals surface area contributed by atoms with Gasteiger partial charge in [-0.1, -0.05) is 0 Å². The third-order valence-corrected chi connectivity index (χ3v) is 4.15. The van der Waals surface area contributed by atoms with Gasteiger partial charge in [0.15, 0.2) is 0 Å². The molecule has 2 N–H and O–H groups in total. The van der Waals surface area contributed by atoms with Gasteiger partial charge in [0, 0.05) is 24.6 Å². The molecule has 0 radical (unpaired) electrons. The molecule has 2 amide bonds. The van der Waals surface area contributed by atoms with Crippen LogP contribution < -0.4 is 10.6 Å². The molecule has 7 heteroatoms. The van der Waals surface area contributed by atoms with Crippen LogP contribution in [-0.2, 0) is 14.3 Å². The third-order valence-electron chi connectivity index (χ3n) is 1.98. The normalized spacial score (nSPS) is 21.9. The van der Waals surface area contributed by atoms with Gasteiger partial charge in [-0.3, -0.25) is 9.59 Å². The van der Waals surface area contributed by atoms with Gasteiger partial charge in [-0.2, -0.15) is 23.5 Å². The van der Waals surface area contributed by atoms with Crippen LogP contribution in [0.2, 0.25) is 0 Å². The van der Waals surface area contributed by atoms with E-state index in [4.69, 9.17) is 4.74 Å². The van der Waals surface area contributed by atoms with Crippen molar-refractivity contribution in [2.45, 2.75) is 0 Å². The molecule has 98 valence electrons. The van der Waals surface area contributed by atoms with E-state index in [-0.39, 0.29) is 11.8 Å². The minimum atomic E-state index is 0.0488. The molecular formula is C10H18N2O3S2. The smallest absolute Gasteiger partial charge is 0.230 e. The van der Waals surface area contributed by atoms with Crippen molar-refractivity contribution < 1.29 is 14.3 Å². The summed E-state index contributed by atoms with van der Waals surface area (Å²) in [4.78, 5) is 22.6. The highest BCUT2D eigenvalue weighted by molar-refractivity contribution is 8.03. The predicted molar refractivity (Wildman–Crippen MR) is 71.5 cm³/mol. The summed E-state index contributed by atoms with van der Waals surface area (Å²) in [5, 5.41) is 5.56. The van der Waals surface area contributed by atoms with Crippen LogP contribution in [0.1, 0.15) is 0 Å². The topological polar surface area (TPSA) is 67.4 Å². The second-order valence-electron chi connectivity index (χ2n) is 3.42. The second kappa shape index (κ2) is 9.61. The van der Waals surface area contributed by atoms with Crippen LogP contribution >= 0.6 is 23.5 Å². The SMILES string of the molecule is O=C1CSCCSCC(=O)NCCOCCN1. The van der Waals surface area contributed by atoms with Crippen LogP contribution in [0.3, 0.4) is 0 Å². The summed E-state index contributed by atoms with van der Waals surface area (Å²) in [5.74, 6) is 2.84. The lowest BCUT2D eigenvalue weighted by Crippen LogP contribution is -2.31. The van der Waals surface area contributed by atoms with Gasteiger partial charge in [0.05, 0.1) is 24.7 Å². The average molecular weight is 278 g/mol. The number of nitrogens with one attached hydrogen (secondary N) is 2. The van der Waals surface area contributed by atoms with Crippen LogP contribution in [0.15, 0.2) is 0 Å². The summed E-state index contributed by atoms with van der Waals surface area (Å²) < 4.78 is 5.26. The molecule has 1 aliphatic rings. The minimum absolute atomic E-state index is 0.0488. The first-order valence-electron chi connectivity index (χ1n) is 5.55. The van der Waals surface area contributed by atoms with Crippen molar-refractivity contribution in [3.63, 3.8) is 0 Å². The van der Waals surface area contributed by atoms with Gasteiger partial charge >= 0.3 is 0 Å². The Morgan fingerprint density at radius 2 is 1.35 bits per heavy atom. The molecule has 17 heavy (non-hydrogen) atoms. The number of carbonyl (C=O) groups is 2. The summed E-state index contributed by atoms with van der Waals surface area (Å²) in [7, 11) is 0. The van der Waals surface area contributed by atoms with Gasteiger partial charge in [0.2, 0.25) is 11.8 Å². The fraction of sp³-hybridized carbons (Fsp3) is 0.800. The highest BCUT2D eigenvalue weighted by atomic mass is 32.2. The molecule has 1 aliphatic heterocycles. The Bertz CT molecular complexity index is 228. The molecule has 0 aliphatic carbocycles. The van der Waals surface area contributed by atoms with E-state index in [2.05, 4.69) is 10.6 Å². The summed E-state index contributed by atoms with van der Waals surface area (Å²) >= 11 is 3.18. The minimum Gasteiger partial charge on any atom is -0.378 e. The number of carbonyl (C=O) groups excluding carboxylic acids is 2.